The first-order chi connectivity index (χ1) is 11.3. The van der Waals surface area contributed by atoms with Crippen molar-refractivity contribution in [3.8, 4) is 5.75 Å². The summed E-state index contributed by atoms with van der Waals surface area (Å²) in [6.07, 6.45) is 5.31. The maximum absolute atomic E-state index is 12.6. The lowest BCUT2D eigenvalue weighted by Gasteiger charge is -2.24. The maximum atomic E-state index is 12.6. The van der Waals surface area contributed by atoms with E-state index in [0.717, 1.165) is 31.2 Å². The van der Waals surface area contributed by atoms with Gasteiger partial charge in [0.1, 0.15) is 10.6 Å². The standard InChI is InChI=1S/C17H26N2O4S/c1-12-9-10-15(23-3)16(11-12)24(21,22)19-13(2)17(20)18-14-7-5-4-6-8-14/h9-11,13-14,19H,4-8H2,1-3H3,(H,18,20)/t13-/m0/s1. The second-order valence-electron chi connectivity index (χ2n) is 6.34. The third kappa shape index (κ3) is 4.70. The number of rotatable bonds is 6. The molecule has 1 fully saturated rings. The van der Waals surface area contributed by atoms with Gasteiger partial charge in [-0.3, -0.25) is 4.79 Å². The molecule has 1 saturated carbocycles. The van der Waals surface area contributed by atoms with Crippen LogP contribution in [0, 0.1) is 6.92 Å². The monoisotopic (exact) mass is 354 g/mol. The van der Waals surface area contributed by atoms with E-state index in [1.54, 1.807) is 26.0 Å². The number of nitrogens with one attached hydrogen (secondary N) is 2. The molecule has 1 aliphatic rings. The Morgan fingerprint density at radius 3 is 2.54 bits per heavy atom. The number of carbonyl (C=O) groups is 1. The van der Waals surface area contributed by atoms with Crippen LogP contribution in [-0.4, -0.2) is 33.5 Å². The van der Waals surface area contributed by atoms with E-state index in [0.29, 0.717) is 0 Å². The molecular weight excluding hydrogens is 328 g/mol. The number of sulfonamides is 1. The molecule has 0 saturated heterocycles. The van der Waals surface area contributed by atoms with E-state index in [9.17, 15) is 13.2 Å². The lowest BCUT2D eigenvalue weighted by Crippen LogP contribution is -2.48. The first kappa shape index (κ1) is 18.7. The number of hydrogen-bond donors (Lipinski definition) is 2. The summed E-state index contributed by atoms with van der Waals surface area (Å²) in [7, 11) is -2.43. The number of ether oxygens (including phenoxy) is 1. The average molecular weight is 354 g/mol. The molecule has 0 spiro atoms. The summed E-state index contributed by atoms with van der Waals surface area (Å²) in [6.45, 7) is 3.36. The Balaban J connectivity index is 2.07. The van der Waals surface area contributed by atoms with E-state index >= 15 is 0 Å². The Morgan fingerprint density at radius 1 is 1.25 bits per heavy atom. The van der Waals surface area contributed by atoms with Crippen molar-refractivity contribution in [3.63, 3.8) is 0 Å². The summed E-state index contributed by atoms with van der Waals surface area (Å²) in [4.78, 5) is 12.3. The highest BCUT2D eigenvalue weighted by atomic mass is 32.2. The summed E-state index contributed by atoms with van der Waals surface area (Å²) >= 11 is 0. The number of benzene rings is 1. The van der Waals surface area contributed by atoms with Crippen molar-refractivity contribution in [2.45, 2.75) is 62.9 Å². The molecule has 2 N–H and O–H groups in total. The highest BCUT2D eigenvalue weighted by molar-refractivity contribution is 7.89. The second kappa shape index (κ2) is 7.98. The van der Waals surface area contributed by atoms with Gasteiger partial charge in [0.15, 0.2) is 0 Å². The third-order valence-corrected chi connectivity index (χ3v) is 5.85. The quantitative estimate of drug-likeness (QED) is 0.819. The van der Waals surface area contributed by atoms with Crippen LogP contribution in [0.4, 0.5) is 0 Å². The number of hydrogen-bond acceptors (Lipinski definition) is 4. The predicted molar refractivity (Wildman–Crippen MR) is 92.5 cm³/mol. The fourth-order valence-electron chi connectivity index (χ4n) is 2.92. The largest absolute Gasteiger partial charge is 0.495 e. The molecule has 1 aromatic carbocycles. The van der Waals surface area contributed by atoms with Crippen LogP contribution in [0.25, 0.3) is 0 Å². The number of carbonyl (C=O) groups excluding carboxylic acids is 1. The minimum atomic E-state index is -3.85. The predicted octanol–water partition coefficient (Wildman–Crippen LogP) is 2.12. The van der Waals surface area contributed by atoms with Gasteiger partial charge in [-0.1, -0.05) is 25.3 Å². The van der Waals surface area contributed by atoms with Crippen molar-refractivity contribution in [1.82, 2.24) is 10.0 Å². The molecule has 7 heteroatoms. The highest BCUT2D eigenvalue weighted by Gasteiger charge is 2.26. The molecule has 6 nitrogen and oxygen atoms in total. The summed E-state index contributed by atoms with van der Waals surface area (Å²) in [6, 6.07) is 4.22. The molecule has 0 heterocycles. The van der Waals surface area contributed by atoms with Gasteiger partial charge in [0.25, 0.3) is 0 Å². The smallest absolute Gasteiger partial charge is 0.244 e. The average Bonchev–Trinajstić information content (AvgIpc) is 2.55. The fourth-order valence-corrected chi connectivity index (χ4v) is 4.37. The van der Waals surface area contributed by atoms with Gasteiger partial charge in [-0.2, -0.15) is 4.72 Å². The molecule has 2 rings (SSSR count). The first-order valence-electron chi connectivity index (χ1n) is 8.31. The van der Waals surface area contributed by atoms with Crippen molar-refractivity contribution in [3.05, 3.63) is 23.8 Å². The van der Waals surface area contributed by atoms with Crippen LogP contribution < -0.4 is 14.8 Å². The molecule has 0 bridgehead atoms. The van der Waals surface area contributed by atoms with Crippen molar-refractivity contribution >= 4 is 15.9 Å². The molecule has 0 aromatic heterocycles. The van der Waals surface area contributed by atoms with Gasteiger partial charge in [-0.15, -0.1) is 0 Å². The lowest BCUT2D eigenvalue weighted by molar-refractivity contribution is -0.123. The second-order valence-corrected chi connectivity index (χ2v) is 8.02. The van der Waals surface area contributed by atoms with Gasteiger partial charge in [0, 0.05) is 6.04 Å². The Kier molecular flexibility index (Phi) is 6.23. The van der Waals surface area contributed by atoms with Gasteiger partial charge in [-0.05, 0) is 44.4 Å². The zero-order valence-corrected chi connectivity index (χ0v) is 15.3. The fraction of sp³-hybridized carbons (Fsp3) is 0.588. The van der Waals surface area contributed by atoms with Crippen molar-refractivity contribution in [1.29, 1.82) is 0 Å². The van der Waals surface area contributed by atoms with E-state index in [4.69, 9.17) is 4.74 Å². The van der Waals surface area contributed by atoms with Crippen molar-refractivity contribution < 1.29 is 17.9 Å². The molecule has 1 aromatic rings. The lowest BCUT2D eigenvalue weighted by atomic mass is 9.95. The molecule has 1 amide bonds. The van der Waals surface area contributed by atoms with Crippen LogP contribution >= 0.6 is 0 Å². The zero-order chi connectivity index (χ0) is 17.7. The zero-order valence-electron chi connectivity index (χ0n) is 14.5. The molecule has 24 heavy (non-hydrogen) atoms. The molecule has 1 aliphatic carbocycles. The Bertz CT molecular complexity index is 682. The molecule has 134 valence electrons. The van der Waals surface area contributed by atoms with Crippen LogP contribution in [0.5, 0.6) is 5.75 Å². The number of methoxy groups -OCH3 is 1. The Hall–Kier alpha value is -1.60. The topological polar surface area (TPSA) is 84.5 Å². The Morgan fingerprint density at radius 2 is 1.92 bits per heavy atom. The number of amides is 1. The molecule has 0 aliphatic heterocycles. The normalized spacial score (nSPS) is 17.3. The third-order valence-electron chi connectivity index (χ3n) is 4.29. The summed E-state index contributed by atoms with van der Waals surface area (Å²) in [5.41, 5.74) is 0.801. The van der Waals surface area contributed by atoms with E-state index in [-0.39, 0.29) is 22.6 Å². The van der Waals surface area contributed by atoms with E-state index in [1.807, 2.05) is 0 Å². The Labute approximate surface area is 144 Å². The minimum absolute atomic E-state index is 0.0438. The van der Waals surface area contributed by atoms with Gasteiger partial charge in [-0.25, -0.2) is 8.42 Å². The molecule has 0 radical (unpaired) electrons. The van der Waals surface area contributed by atoms with Crippen LogP contribution in [0.1, 0.15) is 44.6 Å². The van der Waals surface area contributed by atoms with Crippen LogP contribution in [0.2, 0.25) is 0 Å². The SMILES string of the molecule is COc1ccc(C)cc1S(=O)(=O)N[C@@H](C)C(=O)NC1CCCCC1. The van der Waals surface area contributed by atoms with E-state index < -0.39 is 16.1 Å². The molecule has 1 atom stereocenters. The molecule has 0 unspecified atom stereocenters. The summed E-state index contributed by atoms with van der Waals surface area (Å²) in [5.74, 6) is -0.0370. The van der Waals surface area contributed by atoms with E-state index in [1.165, 1.54) is 19.6 Å². The molecular formula is C17H26N2O4S. The first-order valence-corrected chi connectivity index (χ1v) is 9.79. The number of aryl methyl sites for hydroxylation is 1. The highest BCUT2D eigenvalue weighted by Crippen LogP contribution is 2.24. The van der Waals surface area contributed by atoms with Crippen LogP contribution in [-0.2, 0) is 14.8 Å². The van der Waals surface area contributed by atoms with Crippen molar-refractivity contribution in [2.75, 3.05) is 7.11 Å². The van der Waals surface area contributed by atoms with Crippen LogP contribution in [0.15, 0.2) is 23.1 Å². The maximum Gasteiger partial charge on any atom is 0.244 e. The van der Waals surface area contributed by atoms with Crippen LogP contribution in [0.3, 0.4) is 0 Å². The summed E-state index contributed by atoms with van der Waals surface area (Å²) in [5, 5.41) is 2.94. The van der Waals surface area contributed by atoms with Gasteiger partial charge in [0.05, 0.1) is 13.2 Å². The van der Waals surface area contributed by atoms with Gasteiger partial charge >= 0.3 is 0 Å². The summed E-state index contributed by atoms with van der Waals surface area (Å²) < 4.78 is 32.8. The minimum Gasteiger partial charge on any atom is -0.495 e. The van der Waals surface area contributed by atoms with Gasteiger partial charge < -0.3 is 10.1 Å². The van der Waals surface area contributed by atoms with Gasteiger partial charge in [0.2, 0.25) is 15.9 Å². The van der Waals surface area contributed by atoms with Crippen molar-refractivity contribution in [2.24, 2.45) is 0 Å². The van der Waals surface area contributed by atoms with E-state index in [2.05, 4.69) is 10.0 Å².